The molecule has 1 fully saturated rings. The number of nitrogens with zero attached hydrogens (tertiary/aromatic N) is 4. The van der Waals surface area contributed by atoms with Crippen LogP contribution in [0, 0.1) is 0 Å². The Labute approximate surface area is 149 Å². The van der Waals surface area contributed by atoms with Gasteiger partial charge in [0, 0.05) is 37.9 Å². The van der Waals surface area contributed by atoms with E-state index in [1.807, 2.05) is 29.2 Å². The predicted octanol–water partition coefficient (Wildman–Crippen LogP) is 2.12. The van der Waals surface area contributed by atoms with Crippen molar-refractivity contribution in [1.82, 2.24) is 9.88 Å². The van der Waals surface area contributed by atoms with Crippen molar-refractivity contribution in [3.05, 3.63) is 52.6 Å². The van der Waals surface area contributed by atoms with E-state index in [0.29, 0.717) is 29.4 Å². The summed E-state index contributed by atoms with van der Waals surface area (Å²) < 4.78 is 29.4. The second-order valence-corrected chi connectivity index (χ2v) is 8.10. The molecule has 0 unspecified atom stereocenters. The van der Waals surface area contributed by atoms with Crippen LogP contribution in [0.25, 0.3) is 0 Å². The van der Waals surface area contributed by atoms with Crippen LogP contribution >= 0.6 is 15.9 Å². The summed E-state index contributed by atoms with van der Waals surface area (Å²) in [5, 5.41) is 0. The van der Waals surface area contributed by atoms with Gasteiger partial charge in [-0.25, -0.2) is 4.98 Å². The smallest absolute Gasteiger partial charge is 0.285 e. The number of hydrogen-bond acceptors (Lipinski definition) is 5. The Hall–Kier alpha value is -1.93. The number of sulfonamides is 1. The van der Waals surface area contributed by atoms with Crippen molar-refractivity contribution in [2.45, 2.75) is 4.90 Å². The zero-order chi connectivity index (χ0) is 16.7. The van der Waals surface area contributed by atoms with Gasteiger partial charge in [0.2, 0.25) is 0 Å². The van der Waals surface area contributed by atoms with Crippen LogP contribution in [-0.2, 0) is 10.0 Å². The maximum absolute atomic E-state index is 12.2. The molecule has 0 radical (unpaired) electrons. The number of amidine groups is 1. The molecule has 0 N–H and O–H groups in total. The van der Waals surface area contributed by atoms with Crippen molar-refractivity contribution < 1.29 is 8.42 Å². The van der Waals surface area contributed by atoms with Gasteiger partial charge in [0.25, 0.3) is 10.0 Å². The second kappa shape index (κ2) is 5.86. The minimum Gasteiger partial charge on any atom is -0.352 e. The first-order chi connectivity index (χ1) is 11.6. The first-order valence-electron chi connectivity index (χ1n) is 7.61. The highest BCUT2D eigenvalue weighted by atomic mass is 79.9. The molecule has 0 bridgehead atoms. The third kappa shape index (κ3) is 2.59. The molecule has 24 heavy (non-hydrogen) atoms. The van der Waals surface area contributed by atoms with Crippen LogP contribution in [0.2, 0.25) is 0 Å². The Bertz CT molecular complexity index is 921. The highest BCUT2D eigenvalue weighted by Crippen LogP contribution is 2.29. The average Bonchev–Trinajstić information content (AvgIpc) is 2.88. The summed E-state index contributed by atoms with van der Waals surface area (Å²) in [5.74, 6) is 1.48. The number of halogens is 1. The van der Waals surface area contributed by atoms with Gasteiger partial charge in [-0.3, -0.25) is 0 Å². The predicted molar refractivity (Wildman–Crippen MR) is 95.9 cm³/mol. The number of pyridine rings is 1. The summed E-state index contributed by atoms with van der Waals surface area (Å²) in [6.45, 7) is 2.92. The highest BCUT2D eigenvalue weighted by molar-refractivity contribution is 9.10. The Balaban J connectivity index is 1.56. The van der Waals surface area contributed by atoms with Gasteiger partial charge < -0.3 is 9.80 Å². The van der Waals surface area contributed by atoms with Crippen LogP contribution in [0.5, 0.6) is 0 Å². The fourth-order valence-electron chi connectivity index (χ4n) is 3.06. The Kier molecular flexibility index (Phi) is 3.80. The molecular formula is C16H15BrN4O2S. The van der Waals surface area contributed by atoms with E-state index in [0.717, 1.165) is 23.4 Å². The molecule has 1 aromatic carbocycles. The molecule has 0 atom stereocenters. The van der Waals surface area contributed by atoms with E-state index in [-0.39, 0.29) is 0 Å². The van der Waals surface area contributed by atoms with Crippen molar-refractivity contribution in [2.24, 2.45) is 4.40 Å². The summed E-state index contributed by atoms with van der Waals surface area (Å²) in [4.78, 5) is 8.95. The van der Waals surface area contributed by atoms with E-state index >= 15 is 0 Å². The Morgan fingerprint density at radius 1 is 0.958 bits per heavy atom. The van der Waals surface area contributed by atoms with Crippen LogP contribution in [0.15, 0.2) is 56.4 Å². The normalized spacial score (nSPS) is 19.1. The number of fused-ring (bicyclic) bond motifs is 1. The SMILES string of the molecule is O=S1(=O)N=C(N2CCN(c3ncccc3Br)CC2)c2ccccc21. The number of rotatable bonds is 1. The molecule has 2 aliphatic rings. The zero-order valence-corrected chi connectivity index (χ0v) is 15.2. The van der Waals surface area contributed by atoms with E-state index in [1.165, 1.54) is 0 Å². The van der Waals surface area contributed by atoms with Crippen LogP contribution < -0.4 is 4.90 Å². The van der Waals surface area contributed by atoms with Crippen molar-refractivity contribution in [3.8, 4) is 0 Å². The van der Waals surface area contributed by atoms with Gasteiger partial charge in [-0.15, -0.1) is 4.40 Å². The molecule has 2 aliphatic heterocycles. The van der Waals surface area contributed by atoms with Crippen molar-refractivity contribution in [1.29, 1.82) is 0 Å². The third-order valence-corrected chi connectivity index (χ3v) is 6.17. The minimum atomic E-state index is -3.56. The first kappa shape index (κ1) is 15.6. The summed E-state index contributed by atoms with van der Waals surface area (Å²) >= 11 is 3.53. The molecule has 0 saturated carbocycles. The van der Waals surface area contributed by atoms with Gasteiger partial charge in [-0.1, -0.05) is 12.1 Å². The molecule has 4 rings (SSSR count). The van der Waals surface area contributed by atoms with Crippen LogP contribution in [0.3, 0.4) is 0 Å². The van der Waals surface area contributed by atoms with Crippen molar-refractivity contribution >= 4 is 37.6 Å². The maximum atomic E-state index is 12.2. The molecule has 2 aromatic rings. The van der Waals surface area contributed by atoms with E-state index in [4.69, 9.17) is 0 Å². The molecule has 8 heteroatoms. The number of hydrogen-bond donors (Lipinski definition) is 0. The summed E-state index contributed by atoms with van der Waals surface area (Å²) in [5.41, 5.74) is 0.699. The zero-order valence-electron chi connectivity index (χ0n) is 12.8. The van der Waals surface area contributed by atoms with E-state index in [9.17, 15) is 8.42 Å². The number of anilines is 1. The average molecular weight is 407 g/mol. The third-order valence-electron chi connectivity index (χ3n) is 4.23. The fraction of sp³-hybridized carbons (Fsp3) is 0.250. The topological polar surface area (TPSA) is 65.9 Å². The molecule has 3 heterocycles. The molecule has 124 valence electrons. The lowest BCUT2D eigenvalue weighted by atomic mass is 10.1. The Morgan fingerprint density at radius 2 is 1.67 bits per heavy atom. The fourth-order valence-corrected chi connectivity index (χ4v) is 4.79. The number of piperazine rings is 1. The lowest BCUT2D eigenvalue weighted by Gasteiger charge is -2.36. The number of benzene rings is 1. The van der Waals surface area contributed by atoms with Crippen LogP contribution in [-0.4, -0.2) is 50.3 Å². The maximum Gasteiger partial charge on any atom is 0.285 e. The van der Waals surface area contributed by atoms with E-state index in [2.05, 4.69) is 30.2 Å². The highest BCUT2D eigenvalue weighted by Gasteiger charge is 2.33. The van der Waals surface area contributed by atoms with Crippen molar-refractivity contribution in [2.75, 3.05) is 31.1 Å². The summed E-state index contributed by atoms with van der Waals surface area (Å²) in [7, 11) is -3.56. The van der Waals surface area contributed by atoms with Gasteiger partial charge in [0.05, 0.1) is 4.47 Å². The van der Waals surface area contributed by atoms with Gasteiger partial charge in [-0.2, -0.15) is 8.42 Å². The number of aromatic nitrogens is 1. The molecule has 0 spiro atoms. The Morgan fingerprint density at radius 3 is 2.42 bits per heavy atom. The van der Waals surface area contributed by atoms with Gasteiger partial charge >= 0.3 is 0 Å². The van der Waals surface area contributed by atoms with Crippen LogP contribution in [0.1, 0.15) is 5.56 Å². The summed E-state index contributed by atoms with van der Waals surface area (Å²) in [6.07, 6.45) is 1.77. The van der Waals surface area contributed by atoms with Crippen molar-refractivity contribution in [3.63, 3.8) is 0 Å². The molecule has 0 aliphatic carbocycles. The molecular weight excluding hydrogens is 392 g/mol. The summed E-state index contributed by atoms with van der Waals surface area (Å²) in [6, 6.07) is 10.9. The molecule has 1 aromatic heterocycles. The largest absolute Gasteiger partial charge is 0.352 e. The molecule has 0 amide bonds. The van der Waals surface area contributed by atoms with Gasteiger partial charge in [0.1, 0.15) is 10.7 Å². The lowest BCUT2D eigenvalue weighted by molar-refractivity contribution is 0.385. The minimum absolute atomic E-state index is 0.301. The first-order valence-corrected chi connectivity index (χ1v) is 9.84. The molecule has 6 nitrogen and oxygen atoms in total. The standard InChI is InChI=1S/C16H15BrN4O2S/c17-13-5-3-7-18-16(13)21-10-8-20(9-11-21)15-12-4-1-2-6-14(12)24(22,23)19-15/h1-7H,8-11H2. The van der Waals surface area contributed by atoms with E-state index < -0.39 is 10.0 Å². The lowest BCUT2D eigenvalue weighted by Crippen LogP contribution is -2.49. The quantitative estimate of drug-likeness (QED) is 0.725. The molecule has 1 saturated heterocycles. The van der Waals surface area contributed by atoms with E-state index in [1.54, 1.807) is 18.3 Å². The van der Waals surface area contributed by atoms with Crippen LogP contribution in [0.4, 0.5) is 5.82 Å². The second-order valence-electron chi connectivity index (χ2n) is 5.67. The van der Waals surface area contributed by atoms with Gasteiger partial charge in [0.15, 0.2) is 5.84 Å². The monoisotopic (exact) mass is 406 g/mol. The van der Waals surface area contributed by atoms with Gasteiger partial charge in [-0.05, 0) is 40.2 Å².